The standard InChI is InChI=1S/C12H12BrNO2S2/c1-9-3-2-4-10(7-9)8-14-18(15,16)12-11(13)5-6-17-12/h2-7,14H,8H2,1H3. The van der Waals surface area contributed by atoms with Gasteiger partial charge in [-0.2, -0.15) is 0 Å². The fraction of sp³-hybridized carbons (Fsp3) is 0.167. The molecule has 1 aromatic carbocycles. The first-order valence-electron chi connectivity index (χ1n) is 5.27. The lowest BCUT2D eigenvalue weighted by Gasteiger charge is -2.06. The molecule has 1 N–H and O–H groups in total. The van der Waals surface area contributed by atoms with Gasteiger partial charge in [0.05, 0.1) is 0 Å². The number of hydrogen-bond acceptors (Lipinski definition) is 3. The van der Waals surface area contributed by atoms with Gasteiger partial charge < -0.3 is 0 Å². The molecule has 0 aliphatic carbocycles. The van der Waals surface area contributed by atoms with Crippen molar-refractivity contribution in [3.8, 4) is 0 Å². The molecule has 6 heteroatoms. The molecular formula is C12H12BrNO2S2. The number of halogens is 1. The van der Waals surface area contributed by atoms with Crippen LogP contribution in [0.5, 0.6) is 0 Å². The Kier molecular flexibility index (Phi) is 4.21. The summed E-state index contributed by atoms with van der Waals surface area (Å²) in [5.74, 6) is 0. The Labute approximate surface area is 119 Å². The largest absolute Gasteiger partial charge is 0.251 e. The highest BCUT2D eigenvalue weighted by Crippen LogP contribution is 2.27. The van der Waals surface area contributed by atoms with Crippen molar-refractivity contribution in [2.24, 2.45) is 0 Å². The molecule has 1 aromatic heterocycles. The van der Waals surface area contributed by atoms with Gasteiger partial charge in [0.15, 0.2) is 0 Å². The molecule has 0 bridgehead atoms. The van der Waals surface area contributed by atoms with Crippen LogP contribution in [0.15, 0.2) is 44.4 Å². The summed E-state index contributed by atoms with van der Waals surface area (Å²) in [4.78, 5) is 0. The van der Waals surface area contributed by atoms with Crippen LogP contribution < -0.4 is 4.72 Å². The third kappa shape index (κ3) is 3.20. The van der Waals surface area contributed by atoms with Gasteiger partial charge >= 0.3 is 0 Å². The van der Waals surface area contributed by atoms with E-state index in [2.05, 4.69) is 20.7 Å². The third-order valence-corrected chi connectivity index (χ3v) is 6.45. The maximum Gasteiger partial charge on any atom is 0.251 e. The molecule has 0 saturated carbocycles. The van der Waals surface area contributed by atoms with E-state index in [9.17, 15) is 8.42 Å². The molecule has 0 saturated heterocycles. The van der Waals surface area contributed by atoms with Crippen molar-refractivity contribution < 1.29 is 8.42 Å². The second kappa shape index (κ2) is 5.52. The Morgan fingerprint density at radius 1 is 1.33 bits per heavy atom. The Hall–Kier alpha value is -0.690. The summed E-state index contributed by atoms with van der Waals surface area (Å²) >= 11 is 4.43. The van der Waals surface area contributed by atoms with Gasteiger partial charge in [-0.05, 0) is 39.9 Å². The summed E-state index contributed by atoms with van der Waals surface area (Å²) in [7, 11) is -3.44. The van der Waals surface area contributed by atoms with Gasteiger partial charge in [-0.25, -0.2) is 13.1 Å². The zero-order valence-electron chi connectivity index (χ0n) is 9.68. The number of rotatable bonds is 4. The highest BCUT2D eigenvalue weighted by atomic mass is 79.9. The van der Waals surface area contributed by atoms with Crippen LogP contribution in [0.25, 0.3) is 0 Å². The number of hydrogen-bond donors (Lipinski definition) is 1. The number of nitrogens with one attached hydrogen (secondary N) is 1. The summed E-state index contributed by atoms with van der Waals surface area (Å²) < 4.78 is 27.6. The molecule has 1 heterocycles. The lowest BCUT2D eigenvalue weighted by Crippen LogP contribution is -2.22. The Balaban J connectivity index is 2.13. The first-order valence-corrected chi connectivity index (χ1v) is 8.43. The molecular weight excluding hydrogens is 334 g/mol. The average Bonchev–Trinajstić information content (AvgIpc) is 2.74. The van der Waals surface area contributed by atoms with Crippen LogP contribution in [0.1, 0.15) is 11.1 Å². The predicted octanol–water partition coefficient (Wildman–Crippen LogP) is 3.30. The molecule has 0 radical (unpaired) electrons. The molecule has 0 fully saturated rings. The number of sulfonamides is 1. The van der Waals surface area contributed by atoms with Crippen LogP contribution in [-0.4, -0.2) is 8.42 Å². The van der Waals surface area contributed by atoms with E-state index >= 15 is 0 Å². The molecule has 3 nitrogen and oxygen atoms in total. The fourth-order valence-electron chi connectivity index (χ4n) is 1.54. The first-order chi connectivity index (χ1) is 8.49. The molecule has 96 valence electrons. The second-order valence-electron chi connectivity index (χ2n) is 3.87. The van der Waals surface area contributed by atoms with E-state index in [1.807, 2.05) is 31.2 Å². The normalized spacial score (nSPS) is 11.7. The van der Waals surface area contributed by atoms with Gasteiger partial charge in [0.2, 0.25) is 0 Å². The highest BCUT2D eigenvalue weighted by Gasteiger charge is 2.18. The van der Waals surface area contributed by atoms with Crippen molar-refractivity contribution in [3.05, 3.63) is 51.3 Å². The fourth-order valence-corrected chi connectivity index (χ4v) is 4.94. The Bertz CT molecular complexity index is 650. The molecule has 0 aliphatic rings. The summed E-state index contributed by atoms with van der Waals surface area (Å²) in [6.45, 7) is 2.28. The Morgan fingerprint density at radius 2 is 2.11 bits per heavy atom. The van der Waals surface area contributed by atoms with Crippen LogP contribution in [0.2, 0.25) is 0 Å². The topological polar surface area (TPSA) is 46.2 Å². The monoisotopic (exact) mass is 345 g/mol. The summed E-state index contributed by atoms with van der Waals surface area (Å²) in [6, 6.07) is 9.49. The van der Waals surface area contributed by atoms with Crippen molar-refractivity contribution >= 4 is 37.3 Å². The SMILES string of the molecule is Cc1cccc(CNS(=O)(=O)c2sccc2Br)c1. The zero-order valence-corrected chi connectivity index (χ0v) is 12.9. The average molecular weight is 346 g/mol. The van der Waals surface area contributed by atoms with Crippen molar-refractivity contribution in [1.82, 2.24) is 4.72 Å². The molecule has 0 amide bonds. The minimum absolute atomic E-state index is 0.300. The molecule has 0 aliphatic heterocycles. The quantitative estimate of drug-likeness (QED) is 0.923. The lowest BCUT2D eigenvalue weighted by molar-refractivity contribution is 0.583. The van der Waals surface area contributed by atoms with Gasteiger partial charge in [-0.15, -0.1) is 11.3 Å². The van der Waals surface area contributed by atoms with Crippen molar-refractivity contribution in [1.29, 1.82) is 0 Å². The second-order valence-corrected chi connectivity index (χ2v) is 7.60. The first kappa shape index (κ1) is 13.7. The minimum Gasteiger partial charge on any atom is -0.206 e. The van der Waals surface area contributed by atoms with E-state index in [-0.39, 0.29) is 0 Å². The number of benzene rings is 1. The summed E-state index contributed by atoms with van der Waals surface area (Å²) in [5, 5.41) is 1.74. The van der Waals surface area contributed by atoms with Crippen LogP contribution >= 0.6 is 27.3 Å². The summed E-state index contributed by atoms with van der Waals surface area (Å²) in [5.41, 5.74) is 2.07. The van der Waals surface area contributed by atoms with Gasteiger partial charge in [0, 0.05) is 11.0 Å². The third-order valence-electron chi connectivity index (χ3n) is 2.38. The molecule has 0 spiro atoms. The van der Waals surface area contributed by atoms with Gasteiger partial charge in [0.1, 0.15) is 4.21 Å². The molecule has 18 heavy (non-hydrogen) atoms. The molecule has 2 aromatic rings. The van der Waals surface area contributed by atoms with E-state index in [1.165, 1.54) is 11.3 Å². The van der Waals surface area contributed by atoms with E-state index in [0.717, 1.165) is 11.1 Å². The molecule has 0 atom stereocenters. The zero-order chi connectivity index (χ0) is 13.2. The van der Waals surface area contributed by atoms with Crippen LogP contribution in [0.3, 0.4) is 0 Å². The molecule has 2 rings (SSSR count). The van der Waals surface area contributed by atoms with Crippen molar-refractivity contribution in [2.75, 3.05) is 0 Å². The van der Waals surface area contributed by atoms with Gasteiger partial charge in [-0.3, -0.25) is 0 Å². The van der Waals surface area contributed by atoms with Crippen LogP contribution in [0.4, 0.5) is 0 Å². The smallest absolute Gasteiger partial charge is 0.206 e. The lowest BCUT2D eigenvalue weighted by atomic mass is 10.1. The van der Waals surface area contributed by atoms with Crippen LogP contribution in [-0.2, 0) is 16.6 Å². The van der Waals surface area contributed by atoms with Gasteiger partial charge in [-0.1, -0.05) is 29.8 Å². The maximum absolute atomic E-state index is 12.0. The van der Waals surface area contributed by atoms with Crippen LogP contribution in [0, 0.1) is 6.92 Å². The Morgan fingerprint density at radius 3 is 2.72 bits per heavy atom. The van der Waals surface area contributed by atoms with E-state index < -0.39 is 10.0 Å². The number of thiophene rings is 1. The van der Waals surface area contributed by atoms with E-state index in [1.54, 1.807) is 11.4 Å². The highest BCUT2D eigenvalue weighted by molar-refractivity contribution is 9.10. The predicted molar refractivity (Wildman–Crippen MR) is 77.2 cm³/mol. The molecule has 0 unspecified atom stereocenters. The van der Waals surface area contributed by atoms with E-state index in [0.29, 0.717) is 15.2 Å². The van der Waals surface area contributed by atoms with E-state index in [4.69, 9.17) is 0 Å². The minimum atomic E-state index is -3.44. The van der Waals surface area contributed by atoms with Gasteiger partial charge in [0.25, 0.3) is 10.0 Å². The van der Waals surface area contributed by atoms with Crippen molar-refractivity contribution in [3.63, 3.8) is 0 Å². The number of aryl methyl sites for hydroxylation is 1. The van der Waals surface area contributed by atoms with Crippen molar-refractivity contribution in [2.45, 2.75) is 17.7 Å². The maximum atomic E-state index is 12.0. The summed E-state index contributed by atoms with van der Waals surface area (Å²) in [6.07, 6.45) is 0.